The molecule has 0 aliphatic carbocycles. The third-order valence-corrected chi connectivity index (χ3v) is 3.00. The summed E-state index contributed by atoms with van der Waals surface area (Å²) >= 11 is 0. The Balaban J connectivity index is 2.36. The summed E-state index contributed by atoms with van der Waals surface area (Å²) in [7, 11) is 0. The minimum Gasteiger partial charge on any atom is -0.434 e. The third-order valence-electron chi connectivity index (χ3n) is 3.00. The number of allylic oxidation sites excluding steroid dienone is 1. The highest BCUT2D eigenvalue weighted by Crippen LogP contribution is 2.25. The first-order chi connectivity index (χ1) is 10.2. The summed E-state index contributed by atoms with van der Waals surface area (Å²) in [5.74, 6) is 0.643. The Morgan fingerprint density at radius 1 is 1.48 bits per heavy atom. The van der Waals surface area contributed by atoms with Gasteiger partial charge in [0.15, 0.2) is 0 Å². The molecule has 0 bridgehead atoms. The standard InChI is InChI=1S/C16H19N3O2/c1-3-5-12-11-13(17)6-7-14(12)21-15-16(20)19(9-4-2)10-8-18-15/h3,6-8,10-11H,1,4-5,9,17H2,2H3. The highest BCUT2D eigenvalue weighted by molar-refractivity contribution is 5.49. The summed E-state index contributed by atoms with van der Waals surface area (Å²) in [4.78, 5) is 16.3. The van der Waals surface area contributed by atoms with Crippen LogP contribution in [0, 0.1) is 0 Å². The molecule has 2 N–H and O–H groups in total. The minimum atomic E-state index is -0.235. The zero-order chi connectivity index (χ0) is 15.2. The summed E-state index contributed by atoms with van der Waals surface area (Å²) in [5, 5.41) is 0. The predicted molar refractivity (Wildman–Crippen MR) is 83.6 cm³/mol. The number of nitrogens with zero attached hydrogens (tertiary/aromatic N) is 2. The molecular weight excluding hydrogens is 266 g/mol. The monoisotopic (exact) mass is 285 g/mol. The summed E-state index contributed by atoms with van der Waals surface area (Å²) < 4.78 is 7.28. The van der Waals surface area contributed by atoms with Crippen LogP contribution in [-0.2, 0) is 13.0 Å². The maximum absolute atomic E-state index is 12.2. The van der Waals surface area contributed by atoms with Gasteiger partial charge in [-0.1, -0.05) is 13.0 Å². The molecule has 5 nitrogen and oxygen atoms in total. The van der Waals surface area contributed by atoms with E-state index in [9.17, 15) is 4.79 Å². The van der Waals surface area contributed by atoms with Gasteiger partial charge in [-0.05, 0) is 31.0 Å². The van der Waals surface area contributed by atoms with Crippen LogP contribution in [0.2, 0.25) is 0 Å². The lowest BCUT2D eigenvalue weighted by molar-refractivity contribution is 0.439. The van der Waals surface area contributed by atoms with E-state index in [-0.39, 0.29) is 11.4 Å². The van der Waals surface area contributed by atoms with E-state index in [1.807, 2.05) is 13.0 Å². The van der Waals surface area contributed by atoms with Crippen molar-refractivity contribution in [3.63, 3.8) is 0 Å². The van der Waals surface area contributed by atoms with E-state index in [4.69, 9.17) is 10.5 Å². The zero-order valence-electron chi connectivity index (χ0n) is 12.1. The number of hydrogen-bond donors (Lipinski definition) is 1. The molecule has 0 fully saturated rings. The van der Waals surface area contributed by atoms with Gasteiger partial charge in [-0.25, -0.2) is 4.98 Å². The molecule has 2 rings (SSSR count). The van der Waals surface area contributed by atoms with Crippen LogP contribution < -0.4 is 16.0 Å². The fourth-order valence-electron chi connectivity index (χ4n) is 2.03. The Morgan fingerprint density at radius 3 is 3.00 bits per heavy atom. The van der Waals surface area contributed by atoms with E-state index in [1.165, 1.54) is 0 Å². The number of rotatable bonds is 6. The van der Waals surface area contributed by atoms with E-state index in [0.717, 1.165) is 12.0 Å². The molecule has 0 radical (unpaired) electrons. The van der Waals surface area contributed by atoms with E-state index in [0.29, 0.717) is 24.4 Å². The quantitative estimate of drug-likeness (QED) is 0.654. The second-order valence-corrected chi connectivity index (χ2v) is 4.69. The van der Waals surface area contributed by atoms with Gasteiger partial charge in [0.2, 0.25) is 0 Å². The van der Waals surface area contributed by atoms with Crippen LogP contribution in [0.25, 0.3) is 0 Å². The lowest BCUT2D eigenvalue weighted by Crippen LogP contribution is -2.21. The van der Waals surface area contributed by atoms with Crippen LogP contribution in [-0.4, -0.2) is 9.55 Å². The largest absolute Gasteiger partial charge is 0.434 e. The third kappa shape index (κ3) is 3.51. The summed E-state index contributed by atoms with van der Waals surface area (Å²) in [5.41, 5.74) is 7.05. The highest BCUT2D eigenvalue weighted by atomic mass is 16.5. The second kappa shape index (κ2) is 6.74. The number of anilines is 1. The van der Waals surface area contributed by atoms with Crippen molar-refractivity contribution in [2.45, 2.75) is 26.3 Å². The fourth-order valence-corrected chi connectivity index (χ4v) is 2.03. The number of nitrogens with two attached hydrogens (primary N) is 1. The van der Waals surface area contributed by atoms with Gasteiger partial charge in [-0.2, -0.15) is 0 Å². The van der Waals surface area contributed by atoms with E-state index < -0.39 is 0 Å². The van der Waals surface area contributed by atoms with Gasteiger partial charge in [0, 0.05) is 30.2 Å². The predicted octanol–water partition coefficient (Wildman–Crippen LogP) is 2.76. The molecule has 0 aliphatic heterocycles. The molecule has 0 atom stereocenters. The molecule has 0 aliphatic rings. The molecule has 0 amide bonds. The minimum absolute atomic E-state index is 0.0704. The Morgan fingerprint density at radius 2 is 2.29 bits per heavy atom. The smallest absolute Gasteiger partial charge is 0.313 e. The van der Waals surface area contributed by atoms with Crippen molar-refractivity contribution in [1.82, 2.24) is 9.55 Å². The first-order valence-electron chi connectivity index (χ1n) is 6.88. The Hall–Kier alpha value is -2.56. The normalized spacial score (nSPS) is 10.3. The first kappa shape index (κ1) is 14.8. The summed E-state index contributed by atoms with van der Waals surface area (Å²) in [6.45, 7) is 6.36. The number of nitrogen functional groups attached to an aromatic ring is 1. The average molecular weight is 285 g/mol. The topological polar surface area (TPSA) is 70.1 Å². The van der Waals surface area contributed by atoms with Gasteiger partial charge < -0.3 is 15.0 Å². The summed E-state index contributed by atoms with van der Waals surface area (Å²) in [6.07, 6.45) is 6.46. The van der Waals surface area contributed by atoms with Crippen molar-refractivity contribution >= 4 is 5.69 Å². The van der Waals surface area contributed by atoms with Gasteiger partial charge in [-0.15, -0.1) is 6.58 Å². The molecular formula is C16H19N3O2. The Kier molecular flexibility index (Phi) is 4.77. The number of aryl methyl sites for hydroxylation is 1. The molecule has 1 aromatic heterocycles. The van der Waals surface area contributed by atoms with Crippen molar-refractivity contribution in [3.8, 4) is 11.6 Å². The van der Waals surface area contributed by atoms with E-state index >= 15 is 0 Å². The SMILES string of the molecule is C=CCc1cc(N)ccc1Oc1nccn(CCC)c1=O. The molecule has 0 unspecified atom stereocenters. The number of benzene rings is 1. The van der Waals surface area contributed by atoms with Crippen LogP contribution in [0.3, 0.4) is 0 Å². The van der Waals surface area contributed by atoms with Crippen LogP contribution >= 0.6 is 0 Å². The lowest BCUT2D eigenvalue weighted by Gasteiger charge is -2.11. The Bertz CT molecular complexity index is 692. The molecule has 2 aromatic rings. The molecule has 0 saturated heterocycles. The van der Waals surface area contributed by atoms with Crippen molar-refractivity contribution in [2.75, 3.05) is 5.73 Å². The van der Waals surface area contributed by atoms with E-state index in [2.05, 4.69) is 11.6 Å². The van der Waals surface area contributed by atoms with Crippen LogP contribution in [0.1, 0.15) is 18.9 Å². The second-order valence-electron chi connectivity index (χ2n) is 4.69. The van der Waals surface area contributed by atoms with Crippen LogP contribution in [0.5, 0.6) is 11.6 Å². The van der Waals surface area contributed by atoms with Crippen molar-refractivity contribution in [2.24, 2.45) is 0 Å². The first-order valence-corrected chi connectivity index (χ1v) is 6.88. The van der Waals surface area contributed by atoms with Gasteiger partial charge in [0.1, 0.15) is 5.75 Å². The lowest BCUT2D eigenvalue weighted by atomic mass is 10.1. The molecule has 1 heterocycles. The highest BCUT2D eigenvalue weighted by Gasteiger charge is 2.10. The molecule has 1 aromatic carbocycles. The number of aromatic nitrogens is 2. The van der Waals surface area contributed by atoms with Crippen molar-refractivity contribution in [1.29, 1.82) is 0 Å². The Labute approximate surface area is 123 Å². The van der Waals surface area contributed by atoms with Crippen molar-refractivity contribution in [3.05, 3.63) is 59.2 Å². The summed E-state index contributed by atoms with van der Waals surface area (Å²) in [6, 6.07) is 5.28. The van der Waals surface area contributed by atoms with Gasteiger partial charge >= 0.3 is 5.56 Å². The average Bonchev–Trinajstić information content (AvgIpc) is 2.46. The number of ether oxygens (including phenoxy) is 1. The van der Waals surface area contributed by atoms with Crippen LogP contribution in [0.4, 0.5) is 5.69 Å². The van der Waals surface area contributed by atoms with E-state index in [1.54, 1.807) is 35.2 Å². The maximum Gasteiger partial charge on any atom is 0.313 e. The number of hydrogen-bond acceptors (Lipinski definition) is 4. The van der Waals surface area contributed by atoms with Crippen molar-refractivity contribution < 1.29 is 4.74 Å². The van der Waals surface area contributed by atoms with Crippen LogP contribution in [0.15, 0.2) is 48.0 Å². The molecule has 21 heavy (non-hydrogen) atoms. The van der Waals surface area contributed by atoms with Gasteiger partial charge in [0.25, 0.3) is 5.88 Å². The zero-order valence-corrected chi connectivity index (χ0v) is 12.1. The maximum atomic E-state index is 12.2. The molecule has 5 heteroatoms. The molecule has 0 saturated carbocycles. The molecule has 110 valence electrons. The fraction of sp³-hybridized carbons (Fsp3) is 0.250. The molecule has 0 spiro atoms. The van der Waals surface area contributed by atoms with Gasteiger partial charge in [0.05, 0.1) is 0 Å². The van der Waals surface area contributed by atoms with Gasteiger partial charge in [-0.3, -0.25) is 4.79 Å².